The molecule has 8 heteroatoms. The van der Waals surface area contributed by atoms with Gasteiger partial charge in [-0.2, -0.15) is 13.2 Å². The molecule has 0 aromatic heterocycles. The summed E-state index contributed by atoms with van der Waals surface area (Å²) >= 11 is 0. The Labute approximate surface area is 124 Å². The molecule has 22 heavy (non-hydrogen) atoms. The van der Waals surface area contributed by atoms with E-state index in [0.717, 1.165) is 0 Å². The van der Waals surface area contributed by atoms with Gasteiger partial charge in [-0.05, 0) is 18.6 Å². The molecule has 1 aliphatic rings. The van der Waals surface area contributed by atoms with Crippen molar-refractivity contribution in [1.82, 2.24) is 4.90 Å². The van der Waals surface area contributed by atoms with E-state index >= 15 is 0 Å². The number of carbonyl (C=O) groups excluding carboxylic acids is 1. The Morgan fingerprint density at radius 3 is 2.50 bits per heavy atom. The molecule has 0 radical (unpaired) electrons. The largest absolute Gasteiger partial charge is 0.465 e. The van der Waals surface area contributed by atoms with E-state index in [-0.39, 0.29) is 26.1 Å². The highest BCUT2D eigenvalue weighted by Crippen LogP contribution is 2.30. The number of hydrogen-bond donors (Lipinski definition) is 1. The molecule has 1 N–H and O–H groups in total. The van der Waals surface area contributed by atoms with Gasteiger partial charge < -0.3 is 10.0 Å². The molecule has 120 valence electrons. The number of carbonyl (C=O) groups is 2. The zero-order valence-corrected chi connectivity index (χ0v) is 11.6. The quantitative estimate of drug-likeness (QED) is 0.852. The standard InChI is InChI=1S/C14H15F3N2O3/c15-14(16,17)12-5-6-18(7-8-19(12)13(21)22)11-4-2-1-3-10(11)9-20/h1-4,9,12H,5-8H2,(H,21,22). The monoisotopic (exact) mass is 316 g/mol. The first-order valence-electron chi connectivity index (χ1n) is 6.70. The van der Waals surface area contributed by atoms with E-state index in [1.807, 2.05) is 0 Å². The van der Waals surface area contributed by atoms with Crippen LogP contribution in [0, 0.1) is 0 Å². The first-order valence-corrected chi connectivity index (χ1v) is 6.70. The summed E-state index contributed by atoms with van der Waals surface area (Å²) in [6, 6.07) is 4.53. The predicted molar refractivity (Wildman–Crippen MR) is 73.2 cm³/mol. The van der Waals surface area contributed by atoms with Crippen LogP contribution in [0.5, 0.6) is 0 Å². The second-order valence-electron chi connectivity index (χ2n) is 4.99. The number of nitrogens with zero attached hydrogens (tertiary/aromatic N) is 2. The fraction of sp³-hybridized carbons (Fsp3) is 0.429. The highest BCUT2D eigenvalue weighted by Gasteiger charge is 2.46. The molecule has 2 rings (SSSR count). The lowest BCUT2D eigenvalue weighted by atomic mass is 10.1. The highest BCUT2D eigenvalue weighted by molar-refractivity contribution is 5.84. The molecule has 1 atom stereocenters. The summed E-state index contributed by atoms with van der Waals surface area (Å²) in [6.45, 7) is -0.144. The van der Waals surface area contributed by atoms with Crippen molar-refractivity contribution in [2.75, 3.05) is 24.5 Å². The third-order valence-corrected chi connectivity index (χ3v) is 3.69. The van der Waals surface area contributed by atoms with Crippen molar-refractivity contribution in [2.24, 2.45) is 0 Å². The highest BCUT2D eigenvalue weighted by atomic mass is 19.4. The van der Waals surface area contributed by atoms with Crippen LogP contribution in [-0.2, 0) is 0 Å². The lowest BCUT2D eigenvalue weighted by Gasteiger charge is -2.28. The molecule has 1 heterocycles. The van der Waals surface area contributed by atoms with Gasteiger partial charge in [0.15, 0.2) is 6.29 Å². The van der Waals surface area contributed by atoms with Gasteiger partial charge in [0, 0.05) is 30.9 Å². The summed E-state index contributed by atoms with van der Waals surface area (Å²) in [5.41, 5.74) is 0.889. The normalized spacial score (nSPS) is 19.7. The molecule has 0 saturated carbocycles. The molecule has 0 aliphatic carbocycles. The van der Waals surface area contributed by atoms with E-state index in [1.165, 1.54) is 0 Å². The van der Waals surface area contributed by atoms with Crippen molar-refractivity contribution in [3.63, 3.8) is 0 Å². The third kappa shape index (κ3) is 3.32. The van der Waals surface area contributed by atoms with Crippen LogP contribution in [0.1, 0.15) is 16.8 Å². The molecule has 1 amide bonds. The van der Waals surface area contributed by atoms with Gasteiger partial charge in [0.1, 0.15) is 6.04 Å². The first kappa shape index (κ1) is 16.1. The minimum Gasteiger partial charge on any atom is -0.465 e. The van der Waals surface area contributed by atoms with Crippen LogP contribution in [0.25, 0.3) is 0 Å². The topological polar surface area (TPSA) is 60.9 Å². The number of aldehydes is 1. The van der Waals surface area contributed by atoms with Gasteiger partial charge in [0.05, 0.1) is 0 Å². The Bertz CT molecular complexity index is 563. The first-order chi connectivity index (χ1) is 10.3. The number of anilines is 1. The Hall–Kier alpha value is -2.25. The zero-order chi connectivity index (χ0) is 16.3. The summed E-state index contributed by atoms with van der Waals surface area (Å²) in [6.07, 6.45) is -5.94. The van der Waals surface area contributed by atoms with Gasteiger partial charge in [-0.25, -0.2) is 4.79 Å². The Kier molecular flexibility index (Phi) is 4.58. The number of para-hydroxylation sites is 1. The van der Waals surface area contributed by atoms with E-state index in [0.29, 0.717) is 22.4 Å². The van der Waals surface area contributed by atoms with Crippen molar-refractivity contribution >= 4 is 18.1 Å². The van der Waals surface area contributed by atoms with Crippen molar-refractivity contribution < 1.29 is 27.9 Å². The average molecular weight is 316 g/mol. The molecular weight excluding hydrogens is 301 g/mol. The molecule has 0 spiro atoms. The molecular formula is C14H15F3N2O3. The Morgan fingerprint density at radius 2 is 1.91 bits per heavy atom. The fourth-order valence-electron chi connectivity index (χ4n) is 2.62. The maximum Gasteiger partial charge on any atom is 0.409 e. The Balaban J connectivity index is 2.27. The van der Waals surface area contributed by atoms with Crippen LogP contribution in [-0.4, -0.2) is 54.2 Å². The van der Waals surface area contributed by atoms with Crippen LogP contribution in [0.2, 0.25) is 0 Å². The van der Waals surface area contributed by atoms with Gasteiger partial charge in [0.2, 0.25) is 0 Å². The smallest absolute Gasteiger partial charge is 0.409 e. The van der Waals surface area contributed by atoms with E-state index in [9.17, 15) is 22.8 Å². The number of benzene rings is 1. The summed E-state index contributed by atoms with van der Waals surface area (Å²) in [5.74, 6) is 0. The summed E-state index contributed by atoms with van der Waals surface area (Å²) in [5, 5.41) is 9.01. The number of alkyl halides is 3. The average Bonchev–Trinajstić information content (AvgIpc) is 2.69. The number of rotatable bonds is 2. The number of halogens is 3. The molecule has 1 aromatic rings. The second-order valence-corrected chi connectivity index (χ2v) is 4.99. The van der Waals surface area contributed by atoms with Gasteiger partial charge in [0.25, 0.3) is 0 Å². The van der Waals surface area contributed by atoms with Crippen LogP contribution >= 0.6 is 0 Å². The number of hydrogen-bond acceptors (Lipinski definition) is 3. The SMILES string of the molecule is O=Cc1ccccc1N1CCC(C(F)(F)F)N(C(=O)O)CC1. The predicted octanol–water partition coefficient (Wildman–Crippen LogP) is 2.62. The molecule has 1 fully saturated rings. The van der Waals surface area contributed by atoms with Gasteiger partial charge in [-0.15, -0.1) is 0 Å². The number of amides is 1. The summed E-state index contributed by atoms with van der Waals surface area (Å²) < 4.78 is 39.1. The van der Waals surface area contributed by atoms with Crippen LogP contribution in [0.15, 0.2) is 24.3 Å². The summed E-state index contributed by atoms with van der Waals surface area (Å²) in [4.78, 5) is 24.2. The van der Waals surface area contributed by atoms with Gasteiger partial charge in [-0.3, -0.25) is 9.69 Å². The van der Waals surface area contributed by atoms with Crippen molar-refractivity contribution in [1.29, 1.82) is 0 Å². The third-order valence-electron chi connectivity index (χ3n) is 3.69. The van der Waals surface area contributed by atoms with Gasteiger partial charge >= 0.3 is 12.3 Å². The fourth-order valence-corrected chi connectivity index (χ4v) is 2.62. The molecule has 5 nitrogen and oxygen atoms in total. The minimum atomic E-state index is -4.61. The van der Waals surface area contributed by atoms with Crippen LogP contribution < -0.4 is 4.90 Å². The van der Waals surface area contributed by atoms with Gasteiger partial charge in [-0.1, -0.05) is 12.1 Å². The maximum absolute atomic E-state index is 13.0. The van der Waals surface area contributed by atoms with Crippen molar-refractivity contribution in [2.45, 2.75) is 18.6 Å². The van der Waals surface area contributed by atoms with E-state index in [1.54, 1.807) is 29.2 Å². The van der Waals surface area contributed by atoms with Crippen molar-refractivity contribution in [3.8, 4) is 0 Å². The van der Waals surface area contributed by atoms with Crippen LogP contribution in [0.3, 0.4) is 0 Å². The molecule has 1 unspecified atom stereocenters. The number of carboxylic acid groups (broad SMARTS) is 1. The molecule has 1 aliphatic heterocycles. The zero-order valence-electron chi connectivity index (χ0n) is 11.6. The maximum atomic E-state index is 13.0. The Morgan fingerprint density at radius 1 is 1.23 bits per heavy atom. The molecule has 1 saturated heterocycles. The minimum absolute atomic E-state index is 0.0266. The van der Waals surface area contributed by atoms with Crippen LogP contribution in [0.4, 0.5) is 23.7 Å². The molecule has 0 bridgehead atoms. The lowest BCUT2D eigenvalue weighted by molar-refractivity contribution is -0.177. The lowest BCUT2D eigenvalue weighted by Crippen LogP contribution is -2.48. The van der Waals surface area contributed by atoms with E-state index < -0.39 is 18.3 Å². The van der Waals surface area contributed by atoms with E-state index in [2.05, 4.69) is 0 Å². The van der Waals surface area contributed by atoms with E-state index in [4.69, 9.17) is 5.11 Å². The van der Waals surface area contributed by atoms with Crippen molar-refractivity contribution in [3.05, 3.63) is 29.8 Å². The second kappa shape index (κ2) is 6.25. The molecule has 1 aromatic carbocycles. The summed E-state index contributed by atoms with van der Waals surface area (Å²) in [7, 11) is 0.